The van der Waals surface area contributed by atoms with E-state index in [9.17, 15) is 29.7 Å². The molecule has 2 aliphatic rings. The van der Waals surface area contributed by atoms with Gasteiger partial charge < -0.3 is 35.7 Å². The average molecular weight is 589 g/mol. The van der Waals surface area contributed by atoms with Crippen molar-refractivity contribution in [2.24, 2.45) is 0 Å². The van der Waals surface area contributed by atoms with Crippen molar-refractivity contribution in [1.82, 2.24) is 24.9 Å². The molecule has 1 aliphatic carbocycles. The number of nitrogens with zero attached hydrogens (tertiary/aromatic N) is 7. The highest BCUT2D eigenvalue weighted by Gasteiger charge is 2.36. The minimum atomic E-state index is -4.96. The number of carbonyl (C=O) groups is 1. The van der Waals surface area contributed by atoms with E-state index in [2.05, 4.69) is 37.1 Å². The fourth-order valence-corrected chi connectivity index (χ4v) is 5.23. The van der Waals surface area contributed by atoms with Crippen molar-refractivity contribution in [3.63, 3.8) is 0 Å². The molecule has 0 spiro atoms. The predicted octanol–water partition coefficient (Wildman–Crippen LogP) is 2.16. The highest BCUT2D eigenvalue weighted by Crippen LogP contribution is 2.42. The molecule has 2 aromatic heterocycles. The zero-order valence-electron chi connectivity index (χ0n) is 20.5. The van der Waals surface area contributed by atoms with Gasteiger partial charge in [0.15, 0.2) is 17.2 Å². The number of amides is 1. The second kappa shape index (κ2) is 10.8. The number of phosphoric ester groups is 1. The quantitative estimate of drug-likeness (QED) is 0.207. The number of hydrogen-bond acceptors (Lipinski definition) is 11. The van der Waals surface area contributed by atoms with Crippen molar-refractivity contribution in [2.45, 2.75) is 37.5 Å². The van der Waals surface area contributed by atoms with E-state index in [1.807, 2.05) is 6.07 Å². The Hall–Kier alpha value is -4.18. The highest BCUT2D eigenvalue weighted by molar-refractivity contribution is 7.46. The van der Waals surface area contributed by atoms with Gasteiger partial charge in [0.25, 0.3) is 0 Å². The first-order valence-electron chi connectivity index (χ1n) is 12.0. The van der Waals surface area contributed by atoms with Gasteiger partial charge in [-0.05, 0) is 31.4 Å². The van der Waals surface area contributed by atoms with Gasteiger partial charge in [0.05, 0.1) is 40.3 Å². The number of hydrogen-bond donors (Lipinski definition) is 6. The first kappa shape index (κ1) is 27.4. The minimum Gasteiger partial charge on any atom is -0.465 e. The molecule has 40 heavy (non-hydrogen) atoms. The lowest BCUT2D eigenvalue weighted by Crippen LogP contribution is -2.54. The van der Waals surface area contributed by atoms with E-state index in [0.717, 1.165) is 12.8 Å². The summed E-state index contributed by atoms with van der Waals surface area (Å²) in [4.78, 5) is 40.3. The van der Waals surface area contributed by atoms with E-state index in [1.54, 1.807) is 4.90 Å². The molecule has 1 aliphatic heterocycles. The van der Waals surface area contributed by atoms with Gasteiger partial charge in [-0.15, -0.1) is 5.10 Å². The molecule has 3 heterocycles. The molecule has 6 N–H and O–H groups in total. The van der Waals surface area contributed by atoms with Crippen molar-refractivity contribution < 1.29 is 28.8 Å². The minimum absolute atomic E-state index is 0.0696. The molecule has 2 fully saturated rings. The van der Waals surface area contributed by atoms with Gasteiger partial charge >= 0.3 is 13.9 Å². The summed E-state index contributed by atoms with van der Waals surface area (Å²) in [5, 5.41) is 41.3. The molecule has 0 radical (unpaired) electrons. The first-order chi connectivity index (χ1) is 19.0. The summed E-state index contributed by atoms with van der Waals surface area (Å²) >= 11 is 6.75. The summed E-state index contributed by atoms with van der Waals surface area (Å²) in [6, 6.07) is 6.40. The number of phosphoric acid groups is 1. The number of aromatic nitrogens is 4. The van der Waals surface area contributed by atoms with Crippen LogP contribution in [0.2, 0.25) is 5.02 Å². The Bertz CT molecular complexity index is 1610. The van der Waals surface area contributed by atoms with Gasteiger partial charge in [-0.1, -0.05) is 11.6 Å². The zero-order chi connectivity index (χ0) is 28.6. The van der Waals surface area contributed by atoms with Gasteiger partial charge in [0, 0.05) is 19.1 Å². The van der Waals surface area contributed by atoms with Crippen LogP contribution in [-0.4, -0.2) is 71.8 Å². The Morgan fingerprint density at radius 3 is 2.65 bits per heavy atom. The number of fused-ring (bicyclic) bond motifs is 1. The van der Waals surface area contributed by atoms with Gasteiger partial charge in [-0.25, -0.2) is 14.3 Å². The third-order valence-electron chi connectivity index (χ3n) is 6.31. The number of carboxylic acid groups (broad SMARTS) is 1. The second-order valence-corrected chi connectivity index (χ2v) is 10.8. The van der Waals surface area contributed by atoms with Crippen LogP contribution in [0, 0.1) is 22.7 Å². The molecule has 1 saturated carbocycles. The van der Waals surface area contributed by atoms with Gasteiger partial charge in [0.2, 0.25) is 5.95 Å². The van der Waals surface area contributed by atoms with E-state index in [-0.39, 0.29) is 53.5 Å². The van der Waals surface area contributed by atoms with Crippen LogP contribution >= 0.6 is 19.4 Å². The first-order valence-corrected chi connectivity index (χ1v) is 13.9. The summed E-state index contributed by atoms with van der Waals surface area (Å²) < 4.78 is 17.8. The van der Waals surface area contributed by atoms with Gasteiger partial charge in [0.1, 0.15) is 12.2 Å². The van der Waals surface area contributed by atoms with E-state index in [4.69, 9.17) is 21.2 Å². The van der Waals surface area contributed by atoms with Crippen LogP contribution < -0.4 is 20.9 Å². The fourth-order valence-electron chi connectivity index (χ4n) is 4.39. The Morgan fingerprint density at radius 2 is 2.00 bits per heavy atom. The Kier molecular flexibility index (Phi) is 7.37. The van der Waals surface area contributed by atoms with Crippen LogP contribution in [0.3, 0.4) is 0 Å². The van der Waals surface area contributed by atoms with Crippen LogP contribution in [0.25, 0.3) is 5.65 Å². The maximum atomic E-state index is 11.6. The molecular formula is C22H22ClN10O6P. The molecule has 1 saturated heterocycles. The molecule has 0 bridgehead atoms. The number of imidazole rings is 1. The number of nitrogens with one attached hydrogen (secondary N) is 3. The molecule has 0 unspecified atom stereocenters. The molecule has 5 rings (SSSR count). The van der Waals surface area contributed by atoms with Crippen LogP contribution in [0.5, 0.6) is 0 Å². The van der Waals surface area contributed by atoms with Crippen molar-refractivity contribution in [3.8, 4) is 12.1 Å². The van der Waals surface area contributed by atoms with E-state index < -0.39 is 26.1 Å². The van der Waals surface area contributed by atoms with Crippen molar-refractivity contribution in [2.75, 3.05) is 28.6 Å². The molecule has 1 aromatic carbocycles. The van der Waals surface area contributed by atoms with Crippen LogP contribution in [0.4, 0.5) is 27.9 Å². The Balaban J connectivity index is 1.49. The maximum Gasteiger partial charge on any atom is 0.469 e. The predicted molar refractivity (Wildman–Crippen MR) is 140 cm³/mol. The normalized spacial score (nSPS) is 19.1. The molecule has 18 heteroatoms. The van der Waals surface area contributed by atoms with Crippen LogP contribution in [0.1, 0.15) is 30.5 Å². The number of benzene rings is 1. The van der Waals surface area contributed by atoms with E-state index in [0.29, 0.717) is 17.2 Å². The lowest BCUT2D eigenvalue weighted by Gasteiger charge is -2.39. The van der Waals surface area contributed by atoms with Crippen molar-refractivity contribution in [3.05, 3.63) is 34.6 Å². The zero-order valence-corrected chi connectivity index (χ0v) is 22.2. The van der Waals surface area contributed by atoms with Crippen LogP contribution in [0.15, 0.2) is 18.3 Å². The molecule has 208 valence electrons. The molecule has 16 nitrogen and oxygen atoms in total. The number of anilines is 4. The summed E-state index contributed by atoms with van der Waals surface area (Å²) in [6.45, 7) is 0.0983. The standard InChI is InChI=1S/C22H22ClN10O6P/c23-18-15(28-21-30-19(27-12-1-2-12)20-26-9-13(8-25)33(20)31-21)5-11(7-24)6-16(18)32-4-3-14(29-22(34)35)17(10-32)39-40(36,37)38/h5-6,9,12,14,17,29H,1-4,10H2,(H,34,35)(H2,36,37,38)(H2,27,28,30,31)/t14-,17+/m1/s1. The topological polar surface area (TPSA) is 234 Å². The number of halogens is 1. The highest BCUT2D eigenvalue weighted by atomic mass is 35.5. The van der Waals surface area contributed by atoms with Gasteiger partial charge in [-0.2, -0.15) is 20.0 Å². The lowest BCUT2D eigenvalue weighted by molar-refractivity contribution is 0.0903. The maximum absolute atomic E-state index is 11.6. The monoisotopic (exact) mass is 588 g/mol. The number of piperidine rings is 1. The smallest absolute Gasteiger partial charge is 0.465 e. The number of nitriles is 2. The summed E-state index contributed by atoms with van der Waals surface area (Å²) in [6.07, 6.45) is 0.882. The molecule has 3 aromatic rings. The average Bonchev–Trinajstić information content (AvgIpc) is 3.61. The van der Waals surface area contributed by atoms with Crippen molar-refractivity contribution in [1.29, 1.82) is 10.5 Å². The Morgan fingerprint density at radius 1 is 1.23 bits per heavy atom. The van der Waals surface area contributed by atoms with Gasteiger partial charge in [-0.3, -0.25) is 4.52 Å². The van der Waals surface area contributed by atoms with Crippen molar-refractivity contribution >= 4 is 54.3 Å². The molecule has 2 atom stereocenters. The Labute approximate surface area is 231 Å². The summed E-state index contributed by atoms with van der Waals surface area (Å²) in [5.41, 5.74) is 1.36. The summed E-state index contributed by atoms with van der Waals surface area (Å²) in [7, 11) is -4.96. The summed E-state index contributed by atoms with van der Waals surface area (Å²) in [5.74, 6) is 0.486. The van der Waals surface area contributed by atoms with Crippen LogP contribution in [-0.2, 0) is 9.09 Å². The second-order valence-electron chi connectivity index (χ2n) is 9.21. The fraction of sp³-hybridized carbons (Fsp3) is 0.364. The third kappa shape index (κ3) is 6.02. The number of rotatable bonds is 8. The van der Waals surface area contributed by atoms with E-state index >= 15 is 0 Å². The molecular weight excluding hydrogens is 567 g/mol. The largest absolute Gasteiger partial charge is 0.469 e. The third-order valence-corrected chi connectivity index (χ3v) is 7.25. The lowest BCUT2D eigenvalue weighted by atomic mass is 10.0. The SMILES string of the molecule is N#Cc1cc(Nc2nc(NC3CC3)c3ncc(C#N)n3n2)c(Cl)c(N2CC[C@@H](NC(=O)O)[C@@H](OP(=O)(O)O)C2)c1. The molecule has 1 amide bonds. The van der Waals surface area contributed by atoms with E-state index in [1.165, 1.54) is 22.8 Å².